The van der Waals surface area contributed by atoms with Crippen LogP contribution in [0.1, 0.15) is 22.4 Å². The first kappa shape index (κ1) is 23.4. The maximum absolute atomic E-state index is 8.89. The molecule has 2 aromatic heterocycles. The molecule has 1 N–H and O–H groups in total. The maximum atomic E-state index is 8.89. The normalized spacial score (nSPS) is 9.90. The maximum Gasteiger partial charge on any atom is 0.138 e. The summed E-state index contributed by atoms with van der Waals surface area (Å²) in [5, 5.41) is 11.6. The molecule has 0 amide bonds. The molecule has 5 heteroatoms. The molecular weight excluding hydrogens is 384 g/mol. The van der Waals surface area contributed by atoms with Crippen LogP contribution >= 0.6 is 0 Å². The summed E-state index contributed by atoms with van der Waals surface area (Å²) < 4.78 is 7.02. The minimum atomic E-state index is 0.610. The van der Waals surface area contributed by atoms with E-state index in [2.05, 4.69) is 35.4 Å². The van der Waals surface area contributed by atoms with Gasteiger partial charge in [0.1, 0.15) is 11.4 Å². The summed E-state index contributed by atoms with van der Waals surface area (Å²) >= 11 is 0. The van der Waals surface area contributed by atoms with Crippen LogP contribution in [0, 0.1) is 18.3 Å². The van der Waals surface area contributed by atoms with Crippen LogP contribution in [-0.4, -0.2) is 30.6 Å². The molecule has 0 aliphatic carbocycles. The predicted molar refractivity (Wildman–Crippen MR) is 128 cm³/mol. The zero-order chi connectivity index (χ0) is 22.5. The average Bonchev–Trinajstić information content (AvgIpc) is 3.21. The highest BCUT2D eigenvalue weighted by Gasteiger charge is 2.00. The Morgan fingerprint density at radius 1 is 1.00 bits per heavy atom. The number of hydrogen-bond acceptors (Lipinski definition) is 4. The molecule has 0 radical (unpaired) electrons. The van der Waals surface area contributed by atoms with Gasteiger partial charge in [0.2, 0.25) is 0 Å². The van der Waals surface area contributed by atoms with Crippen molar-refractivity contribution >= 4 is 17.8 Å². The number of fused-ring (bicyclic) bond motifs is 1. The number of aromatic nitrogens is 2. The number of rotatable bonds is 3. The lowest BCUT2D eigenvalue weighted by atomic mass is 10.2. The fraction of sp³-hybridized carbons (Fsp3) is 0.154. The van der Waals surface area contributed by atoms with E-state index >= 15 is 0 Å². The number of imidazole rings is 1. The van der Waals surface area contributed by atoms with Crippen molar-refractivity contribution < 1.29 is 4.74 Å². The molecule has 158 valence electrons. The molecule has 0 fully saturated rings. The minimum Gasteiger partial charge on any atom is -0.497 e. The zero-order valence-electron chi connectivity index (χ0n) is 18.4. The number of aryl methyl sites for hydroxylation is 1. The largest absolute Gasteiger partial charge is 0.497 e. The van der Waals surface area contributed by atoms with Crippen LogP contribution in [-0.2, 0) is 0 Å². The molecule has 0 aliphatic heterocycles. The van der Waals surface area contributed by atoms with Crippen molar-refractivity contribution in [1.29, 1.82) is 5.26 Å². The number of hydrogen-bond donors (Lipinski definition) is 1. The highest BCUT2D eigenvalue weighted by Crippen LogP contribution is 2.14. The third-order valence-corrected chi connectivity index (χ3v) is 4.11. The number of ether oxygens (including phenoxy) is 1. The number of nitrogens with zero attached hydrogens (tertiary/aromatic N) is 3. The van der Waals surface area contributed by atoms with E-state index in [1.165, 1.54) is 5.56 Å². The average molecular weight is 413 g/mol. The minimum absolute atomic E-state index is 0.610. The summed E-state index contributed by atoms with van der Waals surface area (Å²) in [6.07, 6.45) is 7.70. The number of pyridine rings is 1. The van der Waals surface area contributed by atoms with E-state index in [1.54, 1.807) is 19.2 Å². The van der Waals surface area contributed by atoms with Gasteiger partial charge in [-0.15, -0.1) is 0 Å². The van der Waals surface area contributed by atoms with E-state index < -0.39 is 0 Å². The Balaban J connectivity index is 0.000000284. The highest BCUT2D eigenvalue weighted by atomic mass is 16.5. The van der Waals surface area contributed by atoms with Crippen LogP contribution in [0.4, 0.5) is 0 Å². The van der Waals surface area contributed by atoms with Crippen molar-refractivity contribution in [2.75, 3.05) is 21.2 Å². The van der Waals surface area contributed by atoms with Crippen LogP contribution in [0.3, 0.4) is 0 Å². The van der Waals surface area contributed by atoms with Gasteiger partial charge in [0.25, 0.3) is 0 Å². The van der Waals surface area contributed by atoms with Gasteiger partial charge in [-0.05, 0) is 56.9 Å². The van der Waals surface area contributed by atoms with Gasteiger partial charge in [-0.25, -0.2) is 4.98 Å². The van der Waals surface area contributed by atoms with Gasteiger partial charge < -0.3 is 14.5 Å². The quantitative estimate of drug-likeness (QED) is 0.501. The fourth-order valence-electron chi connectivity index (χ4n) is 2.58. The van der Waals surface area contributed by atoms with E-state index in [1.807, 2.05) is 85.5 Å². The molecule has 0 unspecified atom stereocenters. The monoisotopic (exact) mass is 412 g/mol. The Labute approximate surface area is 184 Å². The molecule has 31 heavy (non-hydrogen) atoms. The standard InChI is InChI=1S/C17H13N3O.C7H8.C2H7N/c1-21-16-6-3-13(4-7-16)2-5-15-12-20-9-8-14(11-18)10-17(20)19-15;1-7-5-3-2-4-6-7;1-3-2/h2-10,12H,1H3;2-6H,1H3;3H,1-2H3/b5-2+;;. The lowest BCUT2D eigenvalue weighted by molar-refractivity contribution is 0.415. The summed E-state index contributed by atoms with van der Waals surface area (Å²) in [5.41, 5.74) is 4.62. The first-order valence-corrected chi connectivity index (χ1v) is 9.90. The van der Waals surface area contributed by atoms with Gasteiger partial charge in [-0.2, -0.15) is 5.26 Å². The molecular formula is C26H28N4O. The summed E-state index contributed by atoms with van der Waals surface area (Å²) in [5.74, 6) is 0.837. The van der Waals surface area contributed by atoms with E-state index in [4.69, 9.17) is 10.00 Å². The molecule has 0 saturated carbocycles. The second-order valence-electron chi connectivity index (χ2n) is 6.72. The van der Waals surface area contributed by atoms with E-state index in [0.717, 1.165) is 22.7 Å². The molecule has 4 aromatic rings. The number of methoxy groups -OCH3 is 1. The molecule has 0 bridgehead atoms. The second-order valence-corrected chi connectivity index (χ2v) is 6.72. The summed E-state index contributed by atoms with van der Waals surface area (Å²) in [6, 6.07) is 23.7. The first-order chi connectivity index (χ1) is 15.1. The fourth-order valence-corrected chi connectivity index (χ4v) is 2.58. The Morgan fingerprint density at radius 2 is 1.68 bits per heavy atom. The number of benzene rings is 2. The first-order valence-electron chi connectivity index (χ1n) is 9.90. The van der Waals surface area contributed by atoms with Gasteiger partial charge in [-0.1, -0.05) is 54.1 Å². The number of nitrogens with one attached hydrogen (secondary N) is 1. The SMILES string of the molecule is CNC.COc1ccc(/C=C/c2cn3ccc(C#N)cc3n2)cc1.Cc1ccccc1. The van der Waals surface area contributed by atoms with E-state index in [-0.39, 0.29) is 0 Å². The molecule has 4 rings (SSSR count). The smallest absolute Gasteiger partial charge is 0.138 e. The van der Waals surface area contributed by atoms with Gasteiger partial charge in [0.05, 0.1) is 24.4 Å². The van der Waals surface area contributed by atoms with Gasteiger partial charge in [0, 0.05) is 12.4 Å². The van der Waals surface area contributed by atoms with Gasteiger partial charge in [-0.3, -0.25) is 0 Å². The van der Waals surface area contributed by atoms with Crippen LogP contribution in [0.15, 0.2) is 79.1 Å². The summed E-state index contributed by atoms with van der Waals surface area (Å²) in [7, 11) is 5.40. The topological polar surface area (TPSA) is 62.3 Å². The molecule has 0 aliphatic rings. The van der Waals surface area contributed by atoms with Crippen LogP contribution in [0.25, 0.3) is 17.8 Å². The Kier molecular flexibility index (Phi) is 9.54. The predicted octanol–water partition coefficient (Wildman–Crippen LogP) is 5.22. The Morgan fingerprint density at radius 3 is 2.23 bits per heavy atom. The van der Waals surface area contributed by atoms with E-state index in [9.17, 15) is 0 Å². The van der Waals surface area contributed by atoms with Crippen molar-refractivity contribution in [3.05, 3.63) is 102 Å². The van der Waals surface area contributed by atoms with Crippen molar-refractivity contribution in [3.8, 4) is 11.8 Å². The summed E-state index contributed by atoms with van der Waals surface area (Å²) in [6.45, 7) is 2.08. The van der Waals surface area contributed by atoms with Gasteiger partial charge >= 0.3 is 0 Å². The van der Waals surface area contributed by atoms with Crippen molar-refractivity contribution in [1.82, 2.24) is 14.7 Å². The number of nitriles is 1. The third-order valence-electron chi connectivity index (χ3n) is 4.11. The highest BCUT2D eigenvalue weighted by molar-refractivity contribution is 5.69. The Hall–Kier alpha value is -3.88. The van der Waals surface area contributed by atoms with Crippen molar-refractivity contribution in [3.63, 3.8) is 0 Å². The second kappa shape index (κ2) is 12.6. The van der Waals surface area contributed by atoms with Crippen molar-refractivity contribution in [2.24, 2.45) is 0 Å². The molecule has 0 saturated heterocycles. The van der Waals surface area contributed by atoms with E-state index in [0.29, 0.717) is 5.56 Å². The van der Waals surface area contributed by atoms with Crippen LogP contribution in [0.5, 0.6) is 5.75 Å². The van der Waals surface area contributed by atoms with Crippen LogP contribution in [0.2, 0.25) is 0 Å². The summed E-state index contributed by atoms with van der Waals surface area (Å²) in [4.78, 5) is 4.47. The van der Waals surface area contributed by atoms with Crippen LogP contribution < -0.4 is 10.1 Å². The van der Waals surface area contributed by atoms with Gasteiger partial charge in [0.15, 0.2) is 0 Å². The molecule has 2 heterocycles. The molecule has 0 atom stereocenters. The van der Waals surface area contributed by atoms with Crippen molar-refractivity contribution in [2.45, 2.75) is 6.92 Å². The zero-order valence-corrected chi connectivity index (χ0v) is 18.4. The lowest BCUT2D eigenvalue weighted by Crippen LogP contribution is -1.89. The molecule has 2 aromatic carbocycles. The molecule has 0 spiro atoms. The third kappa shape index (κ3) is 7.81. The molecule has 5 nitrogen and oxygen atoms in total. The lowest BCUT2D eigenvalue weighted by Gasteiger charge is -1.98. The Bertz CT molecular complexity index is 1120.